The van der Waals surface area contributed by atoms with Crippen LogP contribution in [-0.2, 0) is 0 Å². The van der Waals surface area contributed by atoms with E-state index in [1.807, 2.05) is 12.7 Å². The van der Waals surface area contributed by atoms with Gasteiger partial charge in [-0.05, 0) is 64.9 Å². The van der Waals surface area contributed by atoms with Gasteiger partial charge in [-0.2, -0.15) is 0 Å². The van der Waals surface area contributed by atoms with Crippen LogP contribution in [0.1, 0.15) is 0 Å². The van der Waals surface area contributed by atoms with E-state index in [1.165, 1.54) is 71.0 Å². The minimum absolute atomic E-state index is 0.0790. The first-order valence-electron chi connectivity index (χ1n) is 17.5. The summed E-state index contributed by atoms with van der Waals surface area (Å²) in [5.41, 5.74) is 17.6. The lowest BCUT2D eigenvalue weighted by Gasteiger charge is -2.33. The maximum absolute atomic E-state index is 4.93. The summed E-state index contributed by atoms with van der Waals surface area (Å²) in [5.74, 6) is 0. The predicted octanol–water partition coefficient (Wildman–Crippen LogP) is 7.70. The molecule has 6 heterocycles. The molecule has 0 aliphatic carbocycles. The van der Waals surface area contributed by atoms with Crippen molar-refractivity contribution in [3.05, 3.63) is 152 Å². The van der Waals surface area contributed by atoms with E-state index in [0.717, 1.165) is 33.8 Å². The number of para-hydroxylation sites is 5. The summed E-state index contributed by atoms with van der Waals surface area (Å²) in [4.78, 5) is 9.86. The highest BCUT2D eigenvalue weighted by atomic mass is 15.1. The van der Waals surface area contributed by atoms with Crippen molar-refractivity contribution in [1.29, 1.82) is 0 Å². The van der Waals surface area contributed by atoms with Crippen molar-refractivity contribution < 1.29 is 0 Å². The molecule has 0 fully saturated rings. The van der Waals surface area contributed by atoms with Crippen LogP contribution in [0.2, 0.25) is 0 Å². The largest absolute Gasteiger partial charge is 0.307 e. The average Bonchev–Trinajstić information content (AvgIpc) is 3.97. The van der Waals surface area contributed by atoms with Gasteiger partial charge in [0.1, 0.15) is 12.7 Å². The third-order valence-corrected chi connectivity index (χ3v) is 11.5. The van der Waals surface area contributed by atoms with Gasteiger partial charge in [0.05, 0.1) is 49.8 Å². The van der Waals surface area contributed by atoms with E-state index in [9.17, 15) is 0 Å². The smallest absolute Gasteiger partial charge is 0.252 e. The molecule has 0 spiro atoms. The topological polar surface area (TPSA) is 45.5 Å². The van der Waals surface area contributed by atoms with Crippen molar-refractivity contribution >= 4 is 88.8 Å². The summed E-state index contributed by atoms with van der Waals surface area (Å²) in [5, 5.41) is 4.94. The second-order valence-corrected chi connectivity index (χ2v) is 13.9. The Bertz CT molecular complexity index is 3220. The lowest BCUT2D eigenvalue weighted by atomic mass is 9.34. The second-order valence-electron chi connectivity index (χ2n) is 13.9. The third-order valence-electron chi connectivity index (χ3n) is 11.5. The lowest BCUT2D eigenvalue weighted by molar-refractivity contribution is 1.05. The van der Waals surface area contributed by atoms with Gasteiger partial charge < -0.3 is 9.13 Å². The Morgan fingerprint density at radius 1 is 0.412 bits per heavy atom. The molecule has 2 aliphatic rings. The fraction of sp³-hybridized carbons (Fsp3) is 0. The molecule has 234 valence electrons. The monoisotopic (exact) mass is 648 g/mol. The quantitative estimate of drug-likeness (QED) is 0.181. The molecule has 11 aromatic rings. The van der Waals surface area contributed by atoms with Gasteiger partial charge in [-0.15, -0.1) is 0 Å². The van der Waals surface area contributed by atoms with Crippen molar-refractivity contribution in [2.45, 2.75) is 0 Å². The van der Waals surface area contributed by atoms with Crippen LogP contribution in [-0.4, -0.2) is 34.9 Å². The molecule has 2 aliphatic heterocycles. The minimum atomic E-state index is 0.0790. The maximum atomic E-state index is 4.93. The van der Waals surface area contributed by atoms with E-state index in [0.29, 0.717) is 0 Å². The Hall–Kier alpha value is -6.86. The van der Waals surface area contributed by atoms with Crippen LogP contribution >= 0.6 is 0 Å². The molecule has 0 saturated heterocycles. The zero-order chi connectivity index (χ0) is 32.9. The third kappa shape index (κ3) is 3.07. The van der Waals surface area contributed by atoms with Crippen LogP contribution in [0.5, 0.6) is 0 Å². The summed E-state index contributed by atoms with van der Waals surface area (Å²) >= 11 is 0. The van der Waals surface area contributed by atoms with Gasteiger partial charge in [0.2, 0.25) is 0 Å². The van der Waals surface area contributed by atoms with Crippen LogP contribution in [0, 0.1) is 0 Å². The fourth-order valence-electron chi connectivity index (χ4n) is 9.54. The van der Waals surface area contributed by atoms with Gasteiger partial charge in [0.25, 0.3) is 6.71 Å². The Morgan fingerprint density at radius 2 is 0.922 bits per heavy atom. The molecule has 4 aromatic heterocycles. The van der Waals surface area contributed by atoms with Crippen molar-refractivity contribution in [2.24, 2.45) is 0 Å². The highest BCUT2D eigenvalue weighted by molar-refractivity contribution is 7.00. The molecule has 0 radical (unpaired) electrons. The number of fused-ring (bicyclic) bond motifs is 11. The number of aromatic nitrogens is 6. The van der Waals surface area contributed by atoms with E-state index in [1.54, 1.807) is 0 Å². The van der Waals surface area contributed by atoms with E-state index >= 15 is 0 Å². The number of hydrogen-bond acceptors (Lipinski definition) is 2. The first-order valence-corrected chi connectivity index (χ1v) is 17.5. The lowest BCUT2D eigenvalue weighted by Crippen LogP contribution is -2.59. The fourth-order valence-corrected chi connectivity index (χ4v) is 9.54. The predicted molar refractivity (Wildman–Crippen MR) is 209 cm³/mol. The zero-order valence-electron chi connectivity index (χ0n) is 27.2. The van der Waals surface area contributed by atoms with Crippen molar-refractivity contribution in [3.63, 3.8) is 0 Å². The van der Waals surface area contributed by atoms with Crippen LogP contribution in [0.4, 0.5) is 0 Å². The van der Waals surface area contributed by atoms with Crippen molar-refractivity contribution in [3.8, 4) is 22.7 Å². The van der Waals surface area contributed by atoms with E-state index < -0.39 is 0 Å². The molecule has 7 heteroatoms. The molecule has 0 amide bonds. The summed E-state index contributed by atoms with van der Waals surface area (Å²) in [7, 11) is 0. The van der Waals surface area contributed by atoms with E-state index in [2.05, 4.69) is 158 Å². The molecule has 0 saturated carbocycles. The van der Waals surface area contributed by atoms with Gasteiger partial charge in [-0.1, -0.05) is 91.0 Å². The molecule has 7 aromatic carbocycles. The Morgan fingerprint density at radius 3 is 1.49 bits per heavy atom. The first-order chi connectivity index (χ1) is 25.3. The van der Waals surface area contributed by atoms with Gasteiger partial charge in [0, 0.05) is 38.6 Å². The molecule has 0 unspecified atom stereocenters. The average molecular weight is 649 g/mol. The molecule has 13 rings (SSSR count). The Kier molecular flexibility index (Phi) is 4.61. The molecule has 0 atom stereocenters. The highest BCUT2D eigenvalue weighted by Crippen LogP contribution is 2.42. The van der Waals surface area contributed by atoms with Gasteiger partial charge in [-0.3, -0.25) is 9.13 Å². The van der Waals surface area contributed by atoms with Crippen LogP contribution < -0.4 is 16.4 Å². The number of benzene rings is 7. The van der Waals surface area contributed by atoms with Gasteiger partial charge in [-0.25, -0.2) is 9.97 Å². The summed E-state index contributed by atoms with van der Waals surface area (Å²) in [6, 6.07) is 50.9. The SMILES string of the molecule is c1ccc(-n2c3ccccc3c3ccc4c5ccccc5n(-c5cc6c7c(c5)-n5cnc8cccc(c85)B7c5cccc7ncn-6c57)c4c32)cc1. The standard InChI is InChI=1S/C44H25BN6/c1-2-10-26(11-3-1)50-36-18-6-4-12-28(36)30-20-21-31-29-13-5-7-19-37(29)51(42(31)41(30)50)27-22-38-40-39(23-27)49-25-47-35-17-9-15-33(44(35)49)45(40)32-14-8-16-34-43(32)48(38)24-46-34/h1-25H. The second kappa shape index (κ2) is 9.03. The van der Waals surface area contributed by atoms with Gasteiger partial charge in [0.15, 0.2) is 0 Å². The first kappa shape index (κ1) is 26.1. The highest BCUT2D eigenvalue weighted by Gasteiger charge is 2.40. The van der Waals surface area contributed by atoms with Crippen molar-refractivity contribution in [2.75, 3.05) is 0 Å². The number of nitrogens with zero attached hydrogens (tertiary/aromatic N) is 6. The maximum Gasteiger partial charge on any atom is 0.252 e. The molecular formula is C44H25BN6. The molecule has 51 heavy (non-hydrogen) atoms. The minimum Gasteiger partial charge on any atom is -0.307 e. The molecule has 0 N–H and O–H groups in total. The summed E-state index contributed by atoms with van der Waals surface area (Å²) in [6.07, 6.45) is 4.01. The zero-order valence-corrected chi connectivity index (χ0v) is 27.2. The van der Waals surface area contributed by atoms with Crippen LogP contribution in [0.25, 0.3) is 88.4 Å². The van der Waals surface area contributed by atoms with Gasteiger partial charge >= 0.3 is 0 Å². The normalized spacial score (nSPS) is 13.1. The summed E-state index contributed by atoms with van der Waals surface area (Å²) < 4.78 is 9.58. The Balaban J connectivity index is 1.24. The summed E-state index contributed by atoms with van der Waals surface area (Å²) in [6.45, 7) is 0.0790. The number of imidazole rings is 2. The van der Waals surface area contributed by atoms with Crippen LogP contribution in [0.3, 0.4) is 0 Å². The molecule has 0 bridgehead atoms. The molecular weight excluding hydrogens is 623 g/mol. The van der Waals surface area contributed by atoms with Crippen molar-refractivity contribution in [1.82, 2.24) is 28.2 Å². The van der Waals surface area contributed by atoms with E-state index in [4.69, 9.17) is 9.97 Å². The van der Waals surface area contributed by atoms with E-state index in [-0.39, 0.29) is 6.71 Å². The number of rotatable bonds is 2. The van der Waals surface area contributed by atoms with Crippen LogP contribution in [0.15, 0.2) is 152 Å². The molecule has 6 nitrogen and oxygen atoms in total. The Labute approximate surface area is 291 Å². The number of hydrogen-bond donors (Lipinski definition) is 0.